The largest absolute Gasteiger partial charge is 0.493 e. The van der Waals surface area contributed by atoms with Crippen molar-refractivity contribution in [3.8, 4) is 11.5 Å². The SMILES string of the molecule is CN=C(NCCNc1nccc(C(F)(F)F)n1)NCc1ccc(OC)c(OC)c1.I. The zero-order valence-corrected chi connectivity index (χ0v) is 19.0. The van der Waals surface area contributed by atoms with E-state index in [1.165, 1.54) is 0 Å². The summed E-state index contributed by atoms with van der Waals surface area (Å²) < 4.78 is 48.4. The standard InChI is InChI=1S/C18H23F3N6O2.HI/c1-22-16(26-11-12-4-5-13(28-2)14(10-12)29-3)24-8-9-25-17-23-7-6-15(27-17)18(19,20)21;/h4-7,10H,8-9,11H2,1-3H3,(H2,22,24,26)(H,23,25,27);1H. The zero-order chi connectivity index (χ0) is 21.3. The number of halogens is 4. The van der Waals surface area contributed by atoms with Crippen LogP contribution in [0.5, 0.6) is 11.5 Å². The van der Waals surface area contributed by atoms with Crippen molar-refractivity contribution in [2.45, 2.75) is 12.7 Å². The smallest absolute Gasteiger partial charge is 0.433 e. The maximum atomic E-state index is 12.7. The second-order valence-electron chi connectivity index (χ2n) is 5.73. The fourth-order valence-electron chi connectivity index (χ4n) is 2.35. The van der Waals surface area contributed by atoms with Gasteiger partial charge in [0.1, 0.15) is 5.69 Å². The van der Waals surface area contributed by atoms with Crippen molar-refractivity contribution in [2.24, 2.45) is 4.99 Å². The minimum absolute atomic E-state index is 0. The highest BCUT2D eigenvalue weighted by atomic mass is 127. The molecule has 166 valence electrons. The molecule has 3 N–H and O–H groups in total. The van der Waals surface area contributed by atoms with Crippen LogP contribution < -0.4 is 25.4 Å². The Morgan fingerprint density at radius 3 is 2.43 bits per heavy atom. The molecule has 2 rings (SSSR count). The Morgan fingerprint density at radius 2 is 1.80 bits per heavy atom. The Hall–Kier alpha value is -2.51. The van der Waals surface area contributed by atoms with Crippen LogP contribution in [0.1, 0.15) is 11.3 Å². The van der Waals surface area contributed by atoms with E-state index in [1.807, 2.05) is 18.2 Å². The van der Waals surface area contributed by atoms with Crippen LogP contribution in [0, 0.1) is 0 Å². The molecule has 30 heavy (non-hydrogen) atoms. The molecule has 0 saturated heterocycles. The molecule has 1 aromatic heterocycles. The predicted molar refractivity (Wildman–Crippen MR) is 119 cm³/mol. The summed E-state index contributed by atoms with van der Waals surface area (Å²) in [5.74, 6) is 1.71. The van der Waals surface area contributed by atoms with Gasteiger partial charge in [-0.3, -0.25) is 4.99 Å². The van der Waals surface area contributed by atoms with Crippen LogP contribution in [0.2, 0.25) is 0 Å². The average molecular weight is 540 g/mol. The van der Waals surface area contributed by atoms with E-state index in [-0.39, 0.29) is 29.9 Å². The highest BCUT2D eigenvalue weighted by Gasteiger charge is 2.32. The number of aromatic nitrogens is 2. The van der Waals surface area contributed by atoms with Gasteiger partial charge < -0.3 is 25.4 Å². The van der Waals surface area contributed by atoms with Gasteiger partial charge in [-0.05, 0) is 23.8 Å². The number of ether oxygens (including phenoxy) is 2. The van der Waals surface area contributed by atoms with Crippen LogP contribution >= 0.6 is 24.0 Å². The average Bonchev–Trinajstić information content (AvgIpc) is 2.72. The number of anilines is 1. The van der Waals surface area contributed by atoms with Crippen molar-refractivity contribution in [1.29, 1.82) is 0 Å². The molecule has 1 heterocycles. The fraction of sp³-hybridized carbons (Fsp3) is 0.389. The second-order valence-corrected chi connectivity index (χ2v) is 5.73. The Labute approximate surface area is 189 Å². The van der Waals surface area contributed by atoms with Crippen molar-refractivity contribution in [1.82, 2.24) is 20.6 Å². The maximum Gasteiger partial charge on any atom is 0.433 e. The molecule has 0 saturated carbocycles. The van der Waals surface area contributed by atoms with Gasteiger partial charge >= 0.3 is 6.18 Å². The number of nitrogens with one attached hydrogen (secondary N) is 3. The van der Waals surface area contributed by atoms with Gasteiger partial charge in [0.15, 0.2) is 17.5 Å². The Morgan fingerprint density at radius 1 is 1.07 bits per heavy atom. The summed E-state index contributed by atoms with van der Waals surface area (Å²) in [4.78, 5) is 11.3. The third-order valence-electron chi connectivity index (χ3n) is 3.78. The normalized spacial score (nSPS) is 11.3. The molecule has 0 fully saturated rings. The number of hydrogen-bond acceptors (Lipinski definition) is 6. The lowest BCUT2D eigenvalue weighted by Gasteiger charge is -2.14. The van der Waals surface area contributed by atoms with E-state index < -0.39 is 11.9 Å². The topological polar surface area (TPSA) is 92.7 Å². The number of alkyl halides is 3. The first-order valence-electron chi connectivity index (χ1n) is 8.67. The van der Waals surface area contributed by atoms with Crippen LogP contribution in [-0.4, -0.2) is 50.3 Å². The quantitative estimate of drug-likeness (QED) is 0.205. The molecule has 0 unspecified atom stereocenters. The van der Waals surface area contributed by atoms with Gasteiger partial charge in [0.25, 0.3) is 0 Å². The molecule has 2 aromatic rings. The summed E-state index contributed by atoms with van der Waals surface area (Å²) in [6.45, 7) is 1.19. The third-order valence-corrected chi connectivity index (χ3v) is 3.78. The van der Waals surface area contributed by atoms with E-state index in [2.05, 4.69) is 30.9 Å². The van der Waals surface area contributed by atoms with Gasteiger partial charge in [-0.2, -0.15) is 13.2 Å². The van der Waals surface area contributed by atoms with E-state index >= 15 is 0 Å². The van der Waals surface area contributed by atoms with E-state index in [0.717, 1.165) is 17.8 Å². The van der Waals surface area contributed by atoms with Gasteiger partial charge in [0.05, 0.1) is 14.2 Å². The van der Waals surface area contributed by atoms with Gasteiger partial charge in [0.2, 0.25) is 5.95 Å². The van der Waals surface area contributed by atoms with Crippen molar-refractivity contribution in [3.05, 3.63) is 41.7 Å². The first kappa shape index (κ1) is 25.5. The molecule has 0 aliphatic rings. The van der Waals surface area contributed by atoms with Gasteiger partial charge in [-0.1, -0.05) is 6.07 Å². The molecule has 0 atom stereocenters. The highest BCUT2D eigenvalue weighted by molar-refractivity contribution is 14.0. The predicted octanol–water partition coefficient (Wildman–Crippen LogP) is 2.91. The number of aliphatic imine (C=N–C) groups is 1. The Bertz CT molecular complexity index is 836. The number of guanidine groups is 1. The van der Waals surface area contributed by atoms with E-state index in [9.17, 15) is 13.2 Å². The van der Waals surface area contributed by atoms with Gasteiger partial charge in [0, 0.05) is 32.9 Å². The molecular weight excluding hydrogens is 516 g/mol. The molecule has 0 radical (unpaired) electrons. The summed E-state index contributed by atoms with van der Waals surface area (Å²) >= 11 is 0. The molecule has 0 spiro atoms. The van der Waals surface area contributed by atoms with Gasteiger partial charge in [-0.15, -0.1) is 24.0 Å². The zero-order valence-electron chi connectivity index (χ0n) is 16.7. The molecule has 0 amide bonds. The van der Waals surface area contributed by atoms with Crippen molar-refractivity contribution in [3.63, 3.8) is 0 Å². The fourth-order valence-corrected chi connectivity index (χ4v) is 2.35. The minimum atomic E-state index is -4.51. The monoisotopic (exact) mass is 540 g/mol. The van der Waals surface area contributed by atoms with E-state index in [4.69, 9.17) is 9.47 Å². The van der Waals surface area contributed by atoms with Crippen LogP contribution in [0.3, 0.4) is 0 Å². The Kier molecular flexibility index (Phi) is 10.4. The van der Waals surface area contributed by atoms with Crippen LogP contribution in [-0.2, 0) is 12.7 Å². The summed E-state index contributed by atoms with van der Waals surface area (Å²) in [5.41, 5.74) is -0.0311. The van der Waals surface area contributed by atoms with Crippen molar-refractivity contribution in [2.75, 3.05) is 39.7 Å². The number of methoxy groups -OCH3 is 2. The Balaban J connectivity index is 0.00000450. The molecule has 0 bridgehead atoms. The maximum absolute atomic E-state index is 12.7. The lowest BCUT2D eigenvalue weighted by Crippen LogP contribution is -2.39. The number of benzene rings is 1. The molecule has 12 heteroatoms. The van der Waals surface area contributed by atoms with E-state index in [1.54, 1.807) is 21.3 Å². The molecule has 1 aromatic carbocycles. The van der Waals surface area contributed by atoms with Crippen LogP contribution in [0.4, 0.5) is 19.1 Å². The summed E-state index contributed by atoms with van der Waals surface area (Å²) in [5, 5.41) is 8.93. The van der Waals surface area contributed by atoms with Gasteiger partial charge in [-0.25, -0.2) is 9.97 Å². The van der Waals surface area contributed by atoms with E-state index in [0.29, 0.717) is 37.1 Å². The molecular formula is C18H24F3IN6O2. The molecule has 0 aliphatic carbocycles. The minimum Gasteiger partial charge on any atom is -0.493 e. The third kappa shape index (κ3) is 7.72. The van der Waals surface area contributed by atoms with Crippen LogP contribution in [0.15, 0.2) is 35.5 Å². The van der Waals surface area contributed by atoms with Crippen molar-refractivity contribution >= 4 is 35.9 Å². The molecule has 8 nitrogen and oxygen atoms in total. The lowest BCUT2D eigenvalue weighted by atomic mass is 10.2. The number of rotatable bonds is 8. The second kappa shape index (κ2) is 12.2. The first-order valence-corrected chi connectivity index (χ1v) is 8.67. The highest BCUT2D eigenvalue weighted by Crippen LogP contribution is 2.28. The number of hydrogen-bond donors (Lipinski definition) is 3. The summed E-state index contributed by atoms with van der Waals surface area (Å²) in [7, 11) is 4.75. The summed E-state index contributed by atoms with van der Waals surface area (Å²) in [6, 6.07) is 6.38. The summed E-state index contributed by atoms with van der Waals surface area (Å²) in [6.07, 6.45) is -3.44. The molecule has 0 aliphatic heterocycles. The van der Waals surface area contributed by atoms with Crippen LogP contribution in [0.25, 0.3) is 0 Å². The van der Waals surface area contributed by atoms with Crippen molar-refractivity contribution < 1.29 is 22.6 Å². The first-order chi connectivity index (χ1) is 13.9. The number of nitrogens with zero attached hydrogens (tertiary/aromatic N) is 3. The lowest BCUT2D eigenvalue weighted by molar-refractivity contribution is -0.141.